The fraction of sp³-hybridized carbons (Fsp3) is 0.800. The number of piperidine rings is 1. The van der Waals surface area contributed by atoms with E-state index in [1.54, 1.807) is 6.92 Å². The molecule has 1 heterocycles. The van der Waals surface area contributed by atoms with Crippen molar-refractivity contribution in [2.75, 3.05) is 26.5 Å². The predicted molar refractivity (Wildman–Crippen MR) is 60.8 cm³/mol. The van der Waals surface area contributed by atoms with Gasteiger partial charge in [0.25, 0.3) is 6.79 Å². The van der Waals surface area contributed by atoms with Crippen LogP contribution in [0.1, 0.15) is 19.8 Å². The second-order valence-electron chi connectivity index (χ2n) is 3.84. The first-order chi connectivity index (χ1) is 9.13. The van der Waals surface area contributed by atoms with Gasteiger partial charge in [-0.25, -0.2) is 4.79 Å². The lowest BCUT2D eigenvalue weighted by atomic mass is 10.00. The van der Waals surface area contributed by atoms with Gasteiger partial charge in [-0.1, -0.05) is 0 Å². The summed E-state index contributed by atoms with van der Waals surface area (Å²) in [5, 5.41) is 17.4. The molecule has 0 aromatic carbocycles. The summed E-state index contributed by atoms with van der Waals surface area (Å²) in [4.78, 5) is 26.2. The van der Waals surface area contributed by atoms with Crippen molar-refractivity contribution in [3.8, 4) is 0 Å². The number of nitrogens with zero attached hydrogens (tertiary/aromatic N) is 3. The van der Waals surface area contributed by atoms with Crippen molar-refractivity contribution in [3.63, 3.8) is 0 Å². The van der Waals surface area contributed by atoms with Gasteiger partial charge in [0.1, 0.15) is 0 Å². The van der Waals surface area contributed by atoms with E-state index >= 15 is 0 Å². The van der Waals surface area contributed by atoms with Crippen LogP contribution in [0.4, 0.5) is 4.79 Å². The van der Waals surface area contributed by atoms with Crippen LogP contribution in [-0.4, -0.2) is 48.7 Å². The maximum atomic E-state index is 10.8. The van der Waals surface area contributed by atoms with E-state index in [1.165, 1.54) is 5.01 Å². The summed E-state index contributed by atoms with van der Waals surface area (Å²) in [5.41, 5.74) is 0. The van der Waals surface area contributed by atoms with Crippen molar-refractivity contribution in [1.82, 2.24) is 5.01 Å². The van der Waals surface area contributed by atoms with Gasteiger partial charge in [-0.2, -0.15) is 0 Å². The van der Waals surface area contributed by atoms with Crippen LogP contribution in [0, 0.1) is 5.92 Å². The van der Waals surface area contributed by atoms with Crippen LogP contribution >= 0.6 is 0 Å². The molecule has 0 bridgehead atoms. The van der Waals surface area contributed by atoms with Crippen LogP contribution in [0.15, 0.2) is 10.5 Å². The van der Waals surface area contributed by atoms with E-state index in [-0.39, 0.29) is 6.61 Å². The molecule has 1 unspecified atom stereocenters. The normalized spacial score (nSPS) is 19.2. The molecule has 0 amide bonds. The monoisotopic (exact) mass is 275 g/mol. The van der Waals surface area contributed by atoms with Gasteiger partial charge >= 0.3 is 12.1 Å². The Balaban J connectivity index is 2.18. The Kier molecular flexibility index (Phi) is 6.41. The quantitative estimate of drug-likeness (QED) is 0.255. The van der Waals surface area contributed by atoms with Crippen molar-refractivity contribution in [1.29, 1.82) is 0 Å². The van der Waals surface area contributed by atoms with Crippen LogP contribution in [0.3, 0.4) is 0 Å². The number of hydrogen-bond acceptors (Lipinski definition) is 7. The van der Waals surface area contributed by atoms with Crippen molar-refractivity contribution in [2.45, 2.75) is 19.8 Å². The Morgan fingerprint density at radius 1 is 1.42 bits per heavy atom. The van der Waals surface area contributed by atoms with Crippen molar-refractivity contribution in [3.05, 3.63) is 0 Å². The highest BCUT2D eigenvalue weighted by atomic mass is 16.8. The molecular weight excluding hydrogens is 258 g/mol. The minimum atomic E-state index is -0.846. The molecule has 1 N–H and O–H groups in total. The highest BCUT2D eigenvalue weighted by molar-refractivity contribution is 5.70. The average Bonchev–Trinajstić information content (AvgIpc) is 2.39. The smallest absolute Gasteiger partial charge is 0.481 e. The molecule has 1 fully saturated rings. The number of rotatable bonds is 6. The van der Waals surface area contributed by atoms with Gasteiger partial charge in [0.2, 0.25) is 0 Å². The predicted octanol–water partition coefficient (Wildman–Crippen LogP) is 1.21. The second kappa shape index (κ2) is 8.11. The van der Waals surface area contributed by atoms with E-state index in [9.17, 15) is 9.59 Å². The first-order valence-electron chi connectivity index (χ1n) is 5.93. The molecule has 19 heavy (non-hydrogen) atoms. The maximum Gasteiger partial charge on any atom is 0.511 e. The van der Waals surface area contributed by atoms with Gasteiger partial charge in [0, 0.05) is 11.8 Å². The molecule has 108 valence electrons. The molecule has 1 aliphatic heterocycles. The maximum absolute atomic E-state index is 10.8. The Bertz CT molecular complexity index is 335. The minimum absolute atomic E-state index is 0.213. The topological polar surface area (TPSA) is 110 Å². The molecule has 1 rings (SSSR count). The average molecular weight is 275 g/mol. The molecule has 1 saturated heterocycles. The molecule has 0 aliphatic carbocycles. The Labute approximate surface area is 110 Å². The lowest BCUT2D eigenvalue weighted by Gasteiger charge is -2.26. The minimum Gasteiger partial charge on any atom is -0.481 e. The lowest BCUT2D eigenvalue weighted by Crippen LogP contribution is -2.35. The van der Waals surface area contributed by atoms with Crippen LogP contribution in [0.2, 0.25) is 0 Å². The third-order valence-electron chi connectivity index (χ3n) is 2.46. The molecule has 1 atom stereocenters. The molecule has 0 aromatic rings. The van der Waals surface area contributed by atoms with E-state index in [1.807, 2.05) is 0 Å². The van der Waals surface area contributed by atoms with Crippen LogP contribution in [-0.2, 0) is 19.1 Å². The van der Waals surface area contributed by atoms with Crippen molar-refractivity contribution >= 4 is 12.1 Å². The fourth-order valence-corrected chi connectivity index (χ4v) is 1.57. The third kappa shape index (κ3) is 5.89. The lowest BCUT2D eigenvalue weighted by molar-refractivity contribution is -0.143. The zero-order valence-corrected chi connectivity index (χ0v) is 10.7. The Hall–Kier alpha value is -2.06. The number of aliphatic carboxylic acids is 1. The van der Waals surface area contributed by atoms with Crippen LogP contribution in [0.5, 0.6) is 0 Å². The zero-order valence-electron chi connectivity index (χ0n) is 10.7. The van der Waals surface area contributed by atoms with E-state index in [4.69, 9.17) is 5.11 Å². The summed E-state index contributed by atoms with van der Waals surface area (Å²) in [6.45, 7) is 2.37. The molecule has 0 saturated carbocycles. The van der Waals surface area contributed by atoms with E-state index in [0.29, 0.717) is 19.5 Å². The molecular formula is C10H17N3O6. The largest absolute Gasteiger partial charge is 0.511 e. The number of ether oxygens (including phenoxy) is 2. The van der Waals surface area contributed by atoms with E-state index in [0.717, 1.165) is 6.42 Å². The first kappa shape index (κ1) is 15.0. The van der Waals surface area contributed by atoms with Gasteiger partial charge in [-0.05, 0) is 25.0 Å². The van der Waals surface area contributed by atoms with Crippen molar-refractivity contribution < 1.29 is 29.0 Å². The summed E-state index contributed by atoms with van der Waals surface area (Å²) in [5.74, 6) is -1.28. The van der Waals surface area contributed by atoms with Crippen LogP contribution in [0.25, 0.3) is 0 Å². The highest BCUT2D eigenvalue weighted by Crippen LogP contribution is 2.16. The van der Waals surface area contributed by atoms with Gasteiger partial charge < -0.3 is 19.4 Å². The number of carboxylic acids is 1. The summed E-state index contributed by atoms with van der Waals surface area (Å²) >= 11 is 0. The zero-order chi connectivity index (χ0) is 14.1. The Morgan fingerprint density at radius 3 is 2.89 bits per heavy atom. The Morgan fingerprint density at radius 2 is 2.21 bits per heavy atom. The molecule has 0 spiro atoms. The summed E-state index contributed by atoms with van der Waals surface area (Å²) < 4.78 is 8.97. The second-order valence-corrected chi connectivity index (χ2v) is 3.84. The summed E-state index contributed by atoms with van der Waals surface area (Å²) in [6.07, 6.45) is 0.519. The van der Waals surface area contributed by atoms with Crippen molar-refractivity contribution in [2.24, 2.45) is 16.4 Å². The fourth-order valence-electron chi connectivity index (χ4n) is 1.57. The third-order valence-corrected chi connectivity index (χ3v) is 2.46. The van der Waals surface area contributed by atoms with E-state index in [2.05, 4.69) is 24.8 Å². The molecule has 9 heteroatoms. The molecule has 0 aromatic heterocycles. The summed E-state index contributed by atoms with van der Waals surface area (Å²) in [6, 6.07) is 0. The molecule has 9 nitrogen and oxygen atoms in total. The van der Waals surface area contributed by atoms with Crippen LogP contribution < -0.4 is 0 Å². The number of carbonyl (C=O) groups is 2. The number of carboxylic acid groups (broad SMARTS) is 1. The van der Waals surface area contributed by atoms with E-state index < -0.39 is 24.8 Å². The standard InChI is InChI=1S/C10H17N3O6/c1-2-17-10(16)18-7-19-12-11-13-5-3-4-8(6-13)9(14)15/h8H,2-7H2,1H3,(H,14,15). The highest BCUT2D eigenvalue weighted by Gasteiger charge is 2.24. The van der Waals surface area contributed by atoms with Gasteiger partial charge in [0.15, 0.2) is 0 Å². The molecule has 1 aliphatic rings. The summed E-state index contributed by atoms with van der Waals surface area (Å²) in [7, 11) is 0. The van der Waals surface area contributed by atoms with Gasteiger partial charge in [-0.15, -0.1) is 0 Å². The molecule has 0 radical (unpaired) electrons. The number of hydrogen-bond donors (Lipinski definition) is 1. The van der Waals surface area contributed by atoms with Gasteiger partial charge in [0.05, 0.1) is 19.1 Å². The SMILES string of the molecule is CCOC(=O)OCON=NN1CCCC(C(=O)O)C1. The first-order valence-corrected chi connectivity index (χ1v) is 5.93. The van der Waals surface area contributed by atoms with Gasteiger partial charge in [-0.3, -0.25) is 9.80 Å². The number of carbonyl (C=O) groups excluding carboxylic acids is 1.